The van der Waals surface area contributed by atoms with Gasteiger partial charge in [0.15, 0.2) is 17.0 Å². The Morgan fingerprint density at radius 2 is 2.04 bits per heavy atom. The molecule has 1 atom stereocenters. The van der Waals surface area contributed by atoms with Gasteiger partial charge < -0.3 is 24.9 Å². The van der Waals surface area contributed by atoms with Crippen LogP contribution < -0.4 is 10.5 Å². The number of benzene rings is 1. The zero-order valence-corrected chi connectivity index (χ0v) is 13.3. The number of aliphatic hydroxyl groups excluding tert-OH is 1. The van der Waals surface area contributed by atoms with Crippen molar-refractivity contribution in [1.29, 1.82) is 0 Å². The van der Waals surface area contributed by atoms with E-state index in [1.54, 1.807) is 13.4 Å². The number of hydrogen-bond acceptors (Lipinski definition) is 7. The number of fused-ring (bicyclic) bond motifs is 1. The molecule has 0 spiro atoms. The third-order valence-electron chi connectivity index (χ3n) is 3.65. The predicted octanol–water partition coefficient (Wildman–Crippen LogP) is 1.60. The first-order valence-electron chi connectivity index (χ1n) is 7.56. The minimum absolute atomic E-state index is 0.0391. The molecule has 0 saturated heterocycles. The van der Waals surface area contributed by atoms with Gasteiger partial charge in [-0.05, 0) is 18.6 Å². The summed E-state index contributed by atoms with van der Waals surface area (Å²) in [5, 5.41) is 9.20. The van der Waals surface area contributed by atoms with Gasteiger partial charge in [-0.25, -0.2) is 4.98 Å². The molecular formula is C16H19N5O3. The number of hydrogen-bond donors (Lipinski definition) is 2. The average molecular weight is 329 g/mol. The minimum Gasteiger partial charge on any atom is -0.424 e. The summed E-state index contributed by atoms with van der Waals surface area (Å²) in [6.07, 6.45) is 2.03. The maximum Gasteiger partial charge on any atom is 0.326 e. The van der Waals surface area contributed by atoms with Gasteiger partial charge in [-0.15, -0.1) is 0 Å². The Balaban J connectivity index is 1.86. The number of anilines is 1. The largest absolute Gasteiger partial charge is 0.424 e. The first kappa shape index (κ1) is 16.2. The van der Waals surface area contributed by atoms with Gasteiger partial charge in [0.2, 0.25) is 0 Å². The monoisotopic (exact) mass is 329 g/mol. The molecule has 0 aliphatic carbocycles. The van der Waals surface area contributed by atoms with Crippen LogP contribution in [0.15, 0.2) is 36.7 Å². The van der Waals surface area contributed by atoms with Gasteiger partial charge in [-0.3, -0.25) is 0 Å². The predicted molar refractivity (Wildman–Crippen MR) is 88.8 cm³/mol. The number of nitrogens with two attached hydrogens (primary N) is 1. The number of imidazole rings is 1. The van der Waals surface area contributed by atoms with Crippen LogP contribution in [0.1, 0.15) is 6.42 Å². The molecule has 2 heterocycles. The van der Waals surface area contributed by atoms with Gasteiger partial charge in [0.05, 0.1) is 19.0 Å². The molecule has 0 radical (unpaired) electrons. The van der Waals surface area contributed by atoms with Crippen molar-refractivity contribution in [3.63, 3.8) is 0 Å². The van der Waals surface area contributed by atoms with Crippen molar-refractivity contribution in [3.8, 4) is 11.8 Å². The molecule has 0 bridgehead atoms. The molecule has 1 unspecified atom stereocenters. The second-order valence-corrected chi connectivity index (χ2v) is 5.25. The van der Waals surface area contributed by atoms with Crippen molar-refractivity contribution < 1.29 is 14.6 Å². The van der Waals surface area contributed by atoms with E-state index in [9.17, 15) is 5.11 Å². The number of aliphatic hydroxyl groups is 1. The maximum absolute atomic E-state index is 9.20. The number of methoxy groups -OCH3 is 1. The van der Waals surface area contributed by atoms with Crippen LogP contribution in [0.25, 0.3) is 11.2 Å². The van der Waals surface area contributed by atoms with Crippen LogP contribution in [0.2, 0.25) is 0 Å². The molecule has 1 aromatic carbocycles. The molecule has 0 aliphatic heterocycles. The highest BCUT2D eigenvalue weighted by molar-refractivity contribution is 5.81. The van der Waals surface area contributed by atoms with Gasteiger partial charge in [0.1, 0.15) is 5.75 Å². The topological polar surface area (TPSA) is 108 Å². The molecule has 0 aliphatic rings. The summed E-state index contributed by atoms with van der Waals surface area (Å²) in [6.45, 7) is 0.541. The average Bonchev–Trinajstić information content (AvgIpc) is 3.00. The van der Waals surface area contributed by atoms with Crippen molar-refractivity contribution in [2.45, 2.75) is 19.1 Å². The fourth-order valence-corrected chi connectivity index (χ4v) is 2.32. The number of nitrogens with zero attached hydrogens (tertiary/aromatic N) is 4. The number of nitrogen functional groups attached to an aromatic ring is 1. The van der Waals surface area contributed by atoms with Crippen molar-refractivity contribution >= 4 is 17.0 Å². The summed E-state index contributed by atoms with van der Waals surface area (Å²) in [7, 11) is 1.57. The van der Waals surface area contributed by atoms with Crippen LogP contribution in [0, 0.1) is 0 Å². The van der Waals surface area contributed by atoms with E-state index >= 15 is 0 Å². The fourth-order valence-electron chi connectivity index (χ4n) is 2.32. The van der Waals surface area contributed by atoms with E-state index in [-0.39, 0.29) is 24.5 Å². The highest BCUT2D eigenvalue weighted by Gasteiger charge is 2.14. The summed E-state index contributed by atoms with van der Waals surface area (Å²) in [5.41, 5.74) is 7.07. The third kappa shape index (κ3) is 3.44. The number of ether oxygens (including phenoxy) is 2. The molecule has 0 fully saturated rings. The van der Waals surface area contributed by atoms with Crippen LogP contribution in [0.5, 0.6) is 11.8 Å². The molecule has 0 saturated carbocycles. The zero-order valence-electron chi connectivity index (χ0n) is 13.3. The van der Waals surface area contributed by atoms with E-state index in [1.807, 2.05) is 34.9 Å². The first-order chi connectivity index (χ1) is 11.7. The normalized spacial score (nSPS) is 12.4. The molecular weight excluding hydrogens is 310 g/mol. The van der Waals surface area contributed by atoms with E-state index < -0.39 is 0 Å². The lowest BCUT2D eigenvalue weighted by atomic mass is 10.2. The van der Waals surface area contributed by atoms with Crippen LogP contribution in [-0.4, -0.2) is 44.4 Å². The van der Waals surface area contributed by atoms with Crippen molar-refractivity contribution in [2.75, 3.05) is 19.5 Å². The summed E-state index contributed by atoms with van der Waals surface area (Å²) in [6, 6.07) is 9.41. The lowest BCUT2D eigenvalue weighted by Crippen LogP contribution is -2.18. The van der Waals surface area contributed by atoms with Crippen LogP contribution in [0.3, 0.4) is 0 Å². The molecule has 3 N–H and O–H groups in total. The summed E-state index contributed by atoms with van der Waals surface area (Å²) in [4.78, 5) is 12.8. The van der Waals surface area contributed by atoms with Crippen molar-refractivity contribution in [1.82, 2.24) is 19.5 Å². The lowest BCUT2D eigenvalue weighted by molar-refractivity contribution is 0.0405. The number of aryl methyl sites for hydroxylation is 1. The van der Waals surface area contributed by atoms with Gasteiger partial charge in [0, 0.05) is 13.7 Å². The van der Waals surface area contributed by atoms with Crippen LogP contribution in [-0.2, 0) is 11.3 Å². The van der Waals surface area contributed by atoms with E-state index in [0.717, 1.165) is 0 Å². The van der Waals surface area contributed by atoms with Gasteiger partial charge in [-0.2, -0.15) is 9.97 Å². The Morgan fingerprint density at radius 1 is 1.25 bits per heavy atom. The Kier molecular flexibility index (Phi) is 4.88. The fraction of sp³-hybridized carbons (Fsp3) is 0.312. The maximum atomic E-state index is 9.20. The minimum atomic E-state index is -0.235. The van der Waals surface area contributed by atoms with Crippen molar-refractivity contribution in [2.24, 2.45) is 0 Å². The number of rotatable bonds is 7. The Hall–Kier alpha value is -2.71. The highest BCUT2D eigenvalue weighted by Crippen LogP contribution is 2.23. The van der Waals surface area contributed by atoms with E-state index in [1.165, 1.54) is 0 Å². The first-order valence-corrected chi connectivity index (χ1v) is 7.56. The second-order valence-electron chi connectivity index (χ2n) is 5.25. The van der Waals surface area contributed by atoms with Crippen LogP contribution >= 0.6 is 0 Å². The summed E-state index contributed by atoms with van der Waals surface area (Å²) < 4.78 is 12.7. The lowest BCUT2D eigenvalue weighted by Gasteiger charge is -2.12. The Bertz CT molecular complexity index is 802. The van der Waals surface area contributed by atoms with E-state index in [0.29, 0.717) is 29.9 Å². The molecule has 2 aromatic heterocycles. The summed E-state index contributed by atoms with van der Waals surface area (Å²) >= 11 is 0. The number of aromatic nitrogens is 4. The second kappa shape index (κ2) is 7.24. The smallest absolute Gasteiger partial charge is 0.326 e. The van der Waals surface area contributed by atoms with Gasteiger partial charge >= 0.3 is 6.01 Å². The highest BCUT2D eigenvalue weighted by atomic mass is 16.5. The Labute approximate surface area is 138 Å². The molecule has 8 nitrogen and oxygen atoms in total. The molecule has 3 aromatic rings. The van der Waals surface area contributed by atoms with Gasteiger partial charge in [-0.1, -0.05) is 18.2 Å². The molecule has 24 heavy (non-hydrogen) atoms. The Morgan fingerprint density at radius 3 is 2.75 bits per heavy atom. The van der Waals surface area contributed by atoms with Gasteiger partial charge in [0.25, 0.3) is 0 Å². The summed E-state index contributed by atoms with van der Waals surface area (Å²) in [5.74, 6) is 0.886. The number of para-hydroxylation sites is 1. The molecule has 8 heteroatoms. The third-order valence-corrected chi connectivity index (χ3v) is 3.65. The molecule has 126 valence electrons. The van der Waals surface area contributed by atoms with E-state index in [2.05, 4.69) is 15.0 Å². The SMILES string of the molecule is COC(CO)CCn1cnc2c(N)nc(Oc3ccccc3)nc21. The quantitative estimate of drug-likeness (QED) is 0.677. The van der Waals surface area contributed by atoms with Crippen molar-refractivity contribution in [3.05, 3.63) is 36.7 Å². The van der Waals surface area contributed by atoms with Crippen LogP contribution in [0.4, 0.5) is 5.82 Å². The molecule has 0 amide bonds. The standard InChI is InChI=1S/C16H19N5O3/c1-23-12(9-22)7-8-21-10-18-13-14(17)19-16(20-15(13)21)24-11-5-3-2-4-6-11/h2-6,10,12,22H,7-9H2,1H3,(H2,17,19,20). The molecule has 3 rings (SSSR count). The van der Waals surface area contributed by atoms with E-state index in [4.69, 9.17) is 15.2 Å². The zero-order chi connectivity index (χ0) is 16.9.